The summed E-state index contributed by atoms with van der Waals surface area (Å²) >= 11 is 9.51. The third-order valence-electron chi connectivity index (χ3n) is 3.41. The van der Waals surface area contributed by atoms with Gasteiger partial charge in [-0.1, -0.05) is 33.6 Å². The molecular weight excluding hydrogens is 314 g/mol. The van der Waals surface area contributed by atoms with Crippen molar-refractivity contribution in [3.05, 3.63) is 34.9 Å². The third-order valence-corrected chi connectivity index (χ3v) is 4.57. The van der Waals surface area contributed by atoms with Gasteiger partial charge in [-0.25, -0.2) is 0 Å². The third kappa shape index (κ3) is 3.99. The van der Waals surface area contributed by atoms with Crippen molar-refractivity contribution in [2.45, 2.75) is 30.5 Å². The van der Waals surface area contributed by atoms with Gasteiger partial charge in [-0.15, -0.1) is 0 Å². The van der Waals surface area contributed by atoms with Crippen LogP contribution in [-0.2, 0) is 0 Å². The Morgan fingerprint density at radius 2 is 2.06 bits per heavy atom. The van der Waals surface area contributed by atoms with Crippen LogP contribution < -0.4 is 5.32 Å². The molecule has 0 unspecified atom stereocenters. The topological polar surface area (TPSA) is 29.1 Å². The van der Waals surface area contributed by atoms with Crippen molar-refractivity contribution in [1.29, 1.82) is 0 Å². The summed E-state index contributed by atoms with van der Waals surface area (Å²) in [5.74, 6) is 0.584. The summed E-state index contributed by atoms with van der Waals surface area (Å²) in [4.78, 5) is 12.6. The molecule has 1 aromatic rings. The molecule has 0 spiro atoms. The minimum atomic E-state index is -0.0292. The second-order valence-corrected chi connectivity index (χ2v) is 6.57. The van der Waals surface area contributed by atoms with Crippen molar-refractivity contribution in [2.75, 3.05) is 6.54 Å². The lowest BCUT2D eigenvalue weighted by Gasteiger charge is -2.25. The molecule has 0 atom stereocenters. The Labute approximate surface area is 121 Å². The van der Waals surface area contributed by atoms with Crippen molar-refractivity contribution < 1.29 is 4.79 Å². The lowest BCUT2D eigenvalue weighted by molar-refractivity contribution is 0.0944. The number of amides is 1. The second-order valence-electron chi connectivity index (χ2n) is 4.84. The average molecular weight is 331 g/mol. The minimum Gasteiger partial charge on any atom is -0.352 e. The van der Waals surface area contributed by atoms with Gasteiger partial charge in [-0.2, -0.15) is 0 Å². The first-order chi connectivity index (χ1) is 8.65. The minimum absolute atomic E-state index is 0.0292. The van der Waals surface area contributed by atoms with Crippen molar-refractivity contribution in [3.8, 4) is 0 Å². The van der Waals surface area contributed by atoms with Crippen LogP contribution in [0.25, 0.3) is 0 Å². The Hall–Kier alpha value is -0.540. The van der Waals surface area contributed by atoms with Crippen LogP contribution in [0, 0.1) is 5.92 Å². The molecule has 98 valence electrons. The Bertz CT molecular complexity index is 416. The number of carbonyl (C=O) groups is 1. The van der Waals surface area contributed by atoms with Gasteiger partial charge >= 0.3 is 0 Å². The Morgan fingerprint density at radius 3 is 2.72 bits per heavy atom. The largest absolute Gasteiger partial charge is 0.352 e. The van der Waals surface area contributed by atoms with E-state index < -0.39 is 0 Å². The van der Waals surface area contributed by atoms with E-state index in [0.717, 1.165) is 6.54 Å². The summed E-state index contributed by atoms with van der Waals surface area (Å²) in [6, 6.07) is 7.06. The van der Waals surface area contributed by atoms with Gasteiger partial charge in [0.2, 0.25) is 0 Å². The van der Waals surface area contributed by atoms with Gasteiger partial charge in [0, 0.05) is 22.0 Å². The van der Waals surface area contributed by atoms with Gasteiger partial charge in [0.1, 0.15) is 0 Å². The Kier molecular flexibility index (Phi) is 5.07. The highest BCUT2D eigenvalue weighted by molar-refractivity contribution is 9.09. The van der Waals surface area contributed by atoms with Gasteiger partial charge in [0.25, 0.3) is 5.91 Å². The molecule has 1 aliphatic carbocycles. The van der Waals surface area contributed by atoms with Crippen LogP contribution in [0.15, 0.2) is 24.3 Å². The van der Waals surface area contributed by atoms with Gasteiger partial charge < -0.3 is 5.32 Å². The molecule has 18 heavy (non-hydrogen) atoms. The standard InChI is InChI=1S/C14H17BrClNO/c15-12-6-4-10(5-7-12)9-17-14(18)11-2-1-3-13(16)8-11/h1-3,8,10,12H,4-7,9H2,(H,17,18). The second kappa shape index (κ2) is 6.58. The van der Waals surface area contributed by atoms with E-state index in [-0.39, 0.29) is 5.91 Å². The van der Waals surface area contributed by atoms with Gasteiger partial charge in [-0.3, -0.25) is 4.79 Å². The van der Waals surface area contributed by atoms with Crippen molar-refractivity contribution in [3.63, 3.8) is 0 Å². The van der Waals surface area contributed by atoms with E-state index in [9.17, 15) is 4.79 Å². The molecule has 0 heterocycles. The molecule has 1 fully saturated rings. The molecule has 2 rings (SSSR count). The monoisotopic (exact) mass is 329 g/mol. The highest BCUT2D eigenvalue weighted by Gasteiger charge is 2.19. The predicted molar refractivity (Wildman–Crippen MR) is 78.5 cm³/mol. The number of halogens is 2. The van der Waals surface area contributed by atoms with Gasteiger partial charge in [0.15, 0.2) is 0 Å². The van der Waals surface area contributed by atoms with Crippen LogP contribution in [0.4, 0.5) is 0 Å². The van der Waals surface area contributed by atoms with Crippen LogP contribution in [0.1, 0.15) is 36.0 Å². The molecule has 0 radical (unpaired) electrons. The molecule has 0 saturated heterocycles. The number of alkyl halides is 1. The summed E-state index contributed by atoms with van der Waals surface area (Å²) in [5.41, 5.74) is 0.636. The number of benzene rings is 1. The van der Waals surface area contributed by atoms with E-state index in [1.807, 2.05) is 0 Å². The summed E-state index contributed by atoms with van der Waals surface area (Å²) in [5, 5.41) is 3.60. The fourth-order valence-corrected chi connectivity index (χ4v) is 3.01. The molecule has 1 saturated carbocycles. The Balaban J connectivity index is 1.81. The SMILES string of the molecule is O=C(NCC1CCC(Br)CC1)c1cccc(Cl)c1. The maximum atomic E-state index is 11.9. The van der Waals surface area contributed by atoms with Crippen molar-refractivity contribution in [1.82, 2.24) is 5.32 Å². The first kappa shape index (κ1) is 13.9. The summed E-state index contributed by atoms with van der Waals surface area (Å²) in [6.45, 7) is 0.769. The maximum Gasteiger partial charge on any atom is 0.251 e. The lowest BCUT2D eigenvalue weighted by Crippen LogP contribution is -2.31. The van der Waals surface area contributed by atoms with Gasteiger partial charge in [0.05, 0.1) is 0 Å². The molecule has 1 aromatic carbocycles. The zero-order chi connectivity index (χ0) is 13.0. The molecule has 0 aliphatic heterocycles. The molecule has 0 aromatic heterocycles. The smallest absolute Gasteiger partial charge is 0.251 e. The van der Waals surface area contributed by atoms with Gasteiger partial charge in [-0.05, 0) is 49.8 Å². The van der Waals surface area contributed by atoms with E-state index in [0.29, 0.717) is 21.3 Å². The molecular formula is C14H17BrClNO. The van der Waals surface area contributed by atoms with Crippen LogP contribution in [-0.4, -0.2) is 17.3 Å². The maximum absolute atomic E-state index is 11.9. The van der Waals surface area contributed by atoms with Crippen LogP contribution in [0.5, 0.6) is 0 Å². The van der Waals surface area contributed by atoms with Crippen LogP contribution in [0.2, 0.25) is 5.02 Å². The highest BCUT2D eigenvalue weighted by Crippen LogP contribution is 2.28. The van der Waals surface area contributed by atoms with E-state index >= 15 is 0 Å². The van der Waals surface area contributed by atoms with E-state index in [1.165, 1.54) is 25.7 Å². The molecule has 4 heteroatoms. The highest BCUT2D eigenvalue weighted by atomic mass is 79.9. The van der Waals surface area contributed by atoms with Crippen molar-refractivity contribution in [2.24, 2.45) is 5.92 Å². The average Bonchev–Trinajstić information content (AvgIpc) is 2.38. The van der Waals surface area contributed by atoms with Crippen LogP contribution >= 0.6 is 27.5 Å². The zero-order valence-corrected chi connectivity index (χ0v) is 12.5. The molecule has 2 nitrogen and oxygen atoms in total. The fraction of sp³-hybridized carbons (Fsp3) is 0.500. The number of hydrogen-bond acceptors (Lipinski definition) is 1. The zero-order valence-electron chi connectivity index (χ0n) is 10.2. The number of nitrogens with one attached hydrogen (secondary N) is 1. The molecule has 1 amide bonds. The molecule has 0 bridgehead atoms. The predicted octanol–water partition coefficient (Wildman–Crippen LogP) is 4.02. The number of hydrogen-bond donors (Lipinski definition) is 1. The number of rotatable bonds is 3. The molecule has 1 N–H and O–H groups in total. The summed E-state index contributed by atoms with van der Waals surface area (Å²) in [7, 11) is 0. The summed E-state index contributed by atoms with van der Waals surface area (Å²) in [6.07, 6.45) is 4.78. The first-order valence-electron chi connectivity index (χ1n) is 6.33. The number of carbonyl (C=O) groups excluding carboxylic acids is 1. The van der Waals surface area contributed by atoms with E-state index in [1.54, 1.807) is 24.3 Å². The van der Waals surface area contributed by atoms with E-state index in [2.05, 4.69) is 21.2 Å². The normalized spacial score (nSPS) is 23.7. The first-order valence-corrected chi connectivity index (χ1v) is 7.62. The van der Waals surface area contributed by atoms with Crippen LogP contribution in [0.3, 0.4) is 0 Å². The van der Waals surface area contributed by atoms with E-state index in [4.69, 9.17) is 11.6 Å². The van der Waals surface area contributed by atoms with Crippen molar-refractivity contribution >= 4 is 33.4 Å². The molecule has 1 aliphatic rings. The lowest BCUT2D eigenvalue weighted by atomic mass is 9.89. The Morgan fingerprint density at radius 1 is 1.33 bits per heavy atom. The quantitative estimate of drug-likeness (QED) is 0.833. The fourth-order valence-electron chi connectivity index (χ4n) is 2.29. The summed E-state index contributed by atoms with van der Waals surface area (Å²) < 4.78 is 0.